The summed E-state index contributed by atoms with van der Waals surface area (Å²) in [5.41, 5.74) is 4.23. The standard InChI is InChI=1S/C25H40N7O18P3S/c1-25(2,20(37)23(38)28-6-5-15(34)27-7-9-54-16(35)4-3-8-33)11-47-53(44,45)50-52(42,43)46-10-14-19(49-51(39,40)41)18(36)24(48-14)32-13-31-17-21(26)29-12-30-22(17)32/h3-4,12-14,18-20,24,33,36-37H,5-11H2,1-2H3,(H,27,34)(H,28,38)(H,42,43)(H,44,45)(H2,26,29,30)(H2,39,40,41)/b4-3+. The van der Waals surface area contributed by atoms with Crippen LogP contribution >= 0.6 is 35.2 Å². The molecule has 2 aromatic heterocycles. The second-order valence-corrected chi connectivity index (χ2v) is 17.2. The Hall–Kier alpha value is -2.74. The molecule has 0 bridgehead atoms. The summed E-state index contributed by atoms with van der Waals surface area (Å²) in [6.45, 7) is 0.0610. The van der Waals surface area contributed by atoms with Gasteiger partial charge in [-0.05, 0) is 6.08 Å². The minimum atomic E-state index is -5.57. The summed E-state index contributed by atoms with van der Waals surface area (Å²) < 4.78 is 61.9. The molecular formula is C25H40N7O18P3S. The van der Waals surface area contributed by atoms with Crippen molar-refractivity contribution in [3.63, 3.8) is 0 Å². The molecule has 29 heteroatoms. The number of aliphatic hydroxyl groups excluding tert-OH is 3. The Balaban J connectivity index is 1.51. The summed E-state index contributed by atoms with van der Waals surface area (Å²) in [6.07, 6.45) is -4.54. The molecule has 2 amide bonds. The number of nitrogens with one attached hydrogen (secondary N) is 2. The number of imidazole rings is 1. The predicted molar refractivity (Wildman–Crippen MR) is 183 cm³/mol. The Morgan fingerprint density at radius 3 is 2.44 bits per heavy atom. The molecule has 1 fully saturated rings. The highest BCUT2D eigenvalue weighted by molar-refractivity contribution is 8.14. The van der Waals surface area contributed by atoms with Crippen molar-refractivity contribution in [3.8, 4) is 0 Å². The van der Waals surface area contributed by atoms with Crippen molar-refractivity contribution < 1.29 is 85.6 Å². The number of carbonyl (C=O) groups excluding carboxylic acids is 3. The van der Waals surface area contributed by atoms with Gasteiger partial charge < -0.3 is 56.0 Å². The van der Waals surface area contributed by atoms with E-state index in [4.69, 9.17) is 24.6 Å². The number of thioether (sulfide) groups is 1. The Morgan fingerprint density at radius 1 is 1.09 bits per heavy atom. The van der Waals surface area contributed by atoms with Gasteiger partial charge in [0.1, 0.15) is 36.3 Å². The largest absolute Gasteiger partial charge is 0.481 e. The first kappa shape index (κ1) is 45.6. The van der Waals surface area contributed by atoms with Crippen LogP contribution in [0.2, 0.25) is 0 Å². The lowest BCUT2D eigenvalue weighted by Gasteiger charge is -2.30. The van der Waals surface area contributed by atoms with E-state index in [1.165, 1.54) is 26.0 Å². The van der Waals surface area contributed by atoms with E-state index in [1.54, 1.807) is 0 Å². The molecule has 0 saturated carbocycles. The molecule has 7 atom stereocenters. The lowest BCUT2D eigenvalue weighted by molar-refractivity contribution is -0.137. The van der Waals surface area contributed by atoms with Crippen LogP contribution in [0, 0.1) is 5.41 Å². The molecule has 54 heavy (non-hydrogen) atoms. The number of nitrogen functional groups attached to an aromatic ring is 1. The van der Waals surface area contributed by atoms with Crippen LogP contribution in [-0.2, 0) is 50.7 Å². The zero-order valence-corrected chi connectivity index (χ0v) is 31.9. The highest BCUT2D eigenvalue weighted by Gasteiger charge is 2.50. The molecule has 304 valence electrons. The van der Waals surface area contributed by atoms with Crippen molar-refractivity contribution in [2.24, 2.45) is 5.41 Å². The van der Waals surface area contributed by atoms with Crippen LogP contribution in [0.5, 0.6) is 0 Å². The summed E-state index contributed by atoms with van der Waals surface area (Å²) >= 11 is 0.912. The maximum atomic E-state index is 12.6. The third kappa shape index (κ3) is 13.8. The van der Waals surface area contributed by atoms with Gasteiger partial charge in [0.25, 0.3) is 0 Å². The molecule has 1 aliphatic heterocycles. The Kier molecular flexibility index (Phi) is 16.4. The molecule has 2 aromatic rings. The van der Waals surface area contributed by atoms with Gasteiger partial charge in [0.05, 0.1) is 26.1 Å². The number of hydrogen-bond donors (Lipinski definition) is 10. The van der Waals surface area contributed by atoms with Gasteiger partial charge >= 0.3 is 23.5 Å². The van der Waals surface area contributed by atoms with Crippen LogP contribution < -0.4 is 16.4 Å². The average molecular weight is 852 g/mol. The van der Waals surface area contributed by atoms with Crippen molar-refractivity contribution in [2.45, 2.75) is 50.9 Å². The fraction of sp³-hybridized carbons (Fsp3) is 0.600. The predicted octanol–water partition coefficient (Wildman–Crippen LogP) is -1.79. The number of phosphoric ester groups is 3. The number of carbonyl (C=O) groups is 3. The zero-order chi connectivity index (χ0) is 40.5. The molecule has 3 heterocycles. The number of ether oxygens (including phenoxy) is 1. The number of hydrogen-bond acceptors (Lipinski definition) is 19. The van der Waals surface area contributed by atoms with Crippen LogP contribution in [-0.4, -0.2) is 134 Å². The van der Waals surface area contributed by atoms with Gasteiger partial charge in [-0.1, -0.05) is 31.7 Å². The van der Waals surface area contributed by atoms with Crippen LogP contribution in [0.15, 0.2) is 24.8 Å². The quantitative estimate of drug-likeness (QED) is 0.0377. The number of anilines is 1. The molecule has 1 saturated heterocycles. The van der Waals surface area contributed by atoms with Crippen LogP contribution in [0.1, 0.15) is 26.5 Å². The molecule has 25 nitrogen and oxygen atoms in total. The number of amides is 2. The van der Waals surface area contributed by atoms with Crippen molar-refractivity contribution in [1.82, 2.24) is 30.2 Å². The fourth-order valence-corrected chi connectivity index (χ4v) is 7.91. The van der Waals surface area contributed by atoms with E-state index in [-0.39, 0.29) is 54.0 Å². The second-order valence-electron chi connectivity index (χ2n) is 11.8. The first-order chi connectivity index (χ1) is 25.1. The third-order valence-electron chi connectivity index (χ3n) is 7.11. The molecular weight excluding hydrogens is 811 g/mol. The van der Waals surface area contributed by atoms with Gasteiger partial charge in [-0.3, -0.25) is 32.5 Å². The van der Waals surface area contributed by atoms with Crippen LogP contribution in [0.3, 0.4) is 0 Å². The van der Waals surface area contributed by atoms with E-state index in [9.17, 15) is 57.9 Å². The summed E-state index contributed by atoms with van der Waals surface area (Å²) in [4.78, 5) is 86.7. The minimum absolute atomic E-state index is 0.0252. The number of rotatable bonds is 21. The SMILES string of the molecule is CC(C)(COP(=O)(O)OP(=O)(O)OCC1OC(n2cnc3c(N)ncnc32)C(O)C1OP(=O)(O)O)C(O)C(=O)NCCC(=O)NCCSC(=O)/C=C/CO. The van der Waals surface area contributed by atoms with Crippen LogP contribution in [0.4, 0.5) is 5.82 Å². The molecule has 0 radical (unpaired) electrons. The number of fused-ring (bicyclic) bond motifs is 1. The Bertz CT molecular complexity index is 1810. The molecule has 11 N–H and O–H groups in total. The van der Waals surface area contributed by atoms with Crippen molar-refractivity contribution in [2.75, 3.05) is 44.4 Å². The summed E-state index contributed by atoms with van der Waals surface area (Å²) in [5.74, 6) is -1.27. The van der Waals surface area contributed by atoms with E-state index in [0.717, 1.165) is 29.0 Å². The van der Waals surface area contributed by atoms with Crippen molar-refractivity contribution in [3.05, 3.63) is 24.8 Å². The summed E-state index contributed by atoms with van der Waals surface area (Å²) in [7, 11) is -16.4. The van der Waals surface area contributed by atoms with Gasteiger partial charge in [-0.15, -0.1) is 0 Å². The minimum Gasteiger partial charge on any atom is -0.392 e. The molecule has 0 aromatic carbocycles. The van der Waals surface area contributed by atoms with Gasteiger partial charge in [-0.2, -0.15) is 4.31 Å². The number of nitrogens with two attached hydrogens (primary N) is 1. The maximum Gasteiger partial charge on any atom is 0.481 e. The molecule has 0 aliphatic carbocycles. The third-order valence-corrected chi connectivity index (χ3v) is 11.0. The van der Waals surface area contributed by atoms with Gasteiger partial charge in [0.2, 0.25) is 16.9 Å². The first-order valence-corrected chi connectivity index (χ1v) is 20.9. The molecule has 3 rings (SSSR count). The number of nitrogens with zero attached hydrogens (tertiary/aromatic N) is 4. The Labute approximate surface area is 310 Å². The highest BCUT2D eigenvalue weighted by Crippen LogP contribution is 2.61. The lowest BCUT2D eigenvalue weighted by atomic mass is 9.87. The van der Waals surface area contributed by atoms with E-state index in [1.807, 2.05) is 0 Å². The molecule has 1 aliphatic rings. The number of aliphatic hydroxyl groups is 3. The molecule has 0 spiro atoms. The van der Waals surface area contributed by atoms with Gasteiger partial charge in [0.15, 0.2) is 17.7 Å². The smallest absolute Gasteiger partial charge is 0.392 e. The van der Waals surface area contributed by atoms with Crippen LogP contribution in [0.25, 0.3) is 11.2 Å². The van der Waals surface area contributed by atoms with Gasteiger partial charge in [-0.25, -0.2) is 28.6 Å². The number of phosphoric acid groups is 3. The van der Waals surface area contributed by atoms with Crippen molar-refractivity contribution in [1.29, 1.82) is 0 Å². The fourth-order valence-electron chi connectivity index (χ4n) is 4.48. The van der Waals surface area contributed by atoms with E-state index in [0.29, 0.717) is 0 Å². The van der Waals surface area contributed by atoms with Crippen molar-refractivity contribution >= 4 is 69.1 Å². The first-order valence-electron chi connectivity index (χ1n) is 15.4. The zero-order valence-electron chi connectivity index (χ0n) is 28.4. The van der Waals surface area contributed by atoms with E-state index in [2.05, 4.69) is 34.4 Å². The normalized spacial score (nSPS) is 22.2. The maximum absolute atomic E-state index is 12.6. The van der Waals surface area contributed by atoms with E-state index >= 15 is 0 Å². The highest BCUT2D eigenvalue weighted by atomic mass is 32.2. The average Bonchev–Trinajstić information content (AvgIpc) is 3.63. The second kappa shape index (κ2) is 19.4. The lowest BCUT2D eigenvalue weighted by Crippen LogP contribution is -2.46. The summed E-state index contributed by atoms with van der Waals surface area (Å²) in [6, 6.07) is 0. The number of aromatic nitrogens is 4. The molecule has 7 unspecified atom stereocenters. The van der Waals surface area contributed by atoms with Gasteiger partial charge in [0, 0.05) is 30.7 Å². The monoisotopic (exact) mass is 851 g/mol. The topological polar surface area (TPSA) is 384 Å². The summed E-state index contributed by atoms with van der Waals surface area (Å²) in [5, 5.41) is 34.5. The Morgan fingerprint density at radius 2 is 1.78 bits per heavy atom. The van der Waals surface area contributed by atoms with E-state index < -0.39 is 84.6 Å².